The molecule has 2 N–H and O–H groups in total. The van der Waals surface area contributed by atoms with Crippen molar-refractivity contribution >= 4 is 36.4 Å². The first-order valence-electron chi connectivity index (χ1n) is 14.5. The predicted molar refractivity (Wildman–Crippen MR) is 164 cm³/mol. The van der Waals surface area contributed by atoms with Gasteiger partial charge in [-0.2, -0.15) is 26.3 Å². The van der Waals surface area contributed by atoms with Crippen LogP contribution >= 0.6 is 0 Å². The molecule has 0 saturated carbocycles. The molecule has 0 saturated heterocycles. The molecule has 0 bridgehead atoms. The van der Waals surface area contributed by atoms with Crippen molar-refractivity contribution in [2.75, 3.05) is 6.61 Å². The Hall–Kier alpha value is -1.81. The van der Waals surface area contributed by atoms with E-state index in [1.165, 1.54) is 0 Å². The van der Waals surface area contributed by atoms with Gasteiger partial charge in [-0.25, -0.2) is 4.98 Å². The SMILES string of the molecule is C[C@@H](NC(=O)CCC(F)(F)F)c1ccc2c(c1)nc([C@H](CC(C)(C)C(F)(F)F)N[S+]([O-])C(C)(C)C)n2COCC[Si](C)(C)C. The summed E-state index contributed by atoms with van der Waals surface area (Å²) in [5.74, 6) is -0.554. The molecule has 7 nitrogen and oxygen atoms in total. The molecule has 2 aromatic rings. The van der Waals surface area contributed by atoms with Crippen LogP contribution < -0.4 is 10.0 Å². The second kappa shape index (κ2) is 14.3. The molecule has 1 amide bonds. The van der Waals surface area contributed by atoms with Gasteiger partial charge < -0.3 is 19.2 Å². The minimum absolute atomic E-state index is 0.00777. The van der Waals surface area contributed by atoms with Crippen LogP contribution in [0.5, 0.6) is 0 Å². The zero-order valence-electron chi connectivity index (χ0n) is 26.9. The highest BCUT2D eigenvalue weighted by atomic mass is 32.2. The Balaban J connectivity index is 2.56. The molecule has 252 valence electrons. The van der Waals surface area contributed by atoms with E-state index in [2.05, 4.69) is 29.7 Å². The zero-order chi connectivity index (χ0) is 33.9. The summed E-state index contributed by atoms with van der Waals surface area (Å²) in [6, 6.07) is 4.13. The van der Waals surface area contributed by atoms with Crippen molar-refractivity contribution in [3.63, 3.8) is 0 Å². The molecule has 44 heavy (non-hydrogen) atoms. The van der Waals surface area contributed by atoms with Gasteiger partial charge in [0.1, 0.15) is 23.3 Å². The third-order valence-electron chi connectivity index (χ3n) is 7.13. The van der Waals surface area contributed by atoms with Gasteiger partial charge in [0, 0.05) is 32.5 Å². The fourth-order valence-corrected chi connectivity index (χ4v) is 5.70. The molecule has 3 atom stereocenters. The lowest BCUT2D eigenvalue weighted by Crippen LogP contribution is -2.45. The first-order chi connectivity index (χ1) is 19.8. The Morgan fingerprint density at radius 1 is 1.09 bits per heavy atom. The average Bonchev–Trinajstić information content (AvgIpc) is 3.20. The lowest BCUT2D eigenvalue weighted by molar-refractivity contribution is -0.215. The Labute approximate surface area is 260 Å². The predicted octanol–water partition coefficient (Wildman–Crippen LogP) is 7.94. The maximum Gasteiger partial charge on any atom is 0.394 e. The molecule has 1 heterocycles. The van der Waals surface area contributed by atoms with Crippen molar-refractivity contribution in [2.45, 2.75) is 122 Å². The number of halogens is 6. The van der Waals surface area contributed by atoms with Gasteiger partial charge in [-0.15, -0.1) is 4.72 Å². The van der Waals surface area contributed by atoms with Gasteiger partial charge >= 0.3 is 12.4 Å². The fourth-order valence-electron chi connectivity index (χ4n) is 4.14. The molecular weight excluding hydrogens is 626 g/mol. The van der Waals surface area contributed by atoms with Crippen molar-refractivity contribution in [1.29, 1.82) is 0 Å². The number of ether oxygens (including phenoxy) is 1. The highest BCUT2D eigenvalue weighted by molar-refractivity contribution is 7.90. The molecule has 0 radical (unpaired) electrons. The van der Waals surface area contributed by atoms with Crippen LogP contribution in [0.15, 0.2) is 18.2 Å². The molecule has 1 aromatic carbocycles. The molecule has 0 aliphatic carbocycles. The molecule has 0 spiro atoms. The number of nitrogens with one attached hydrogen (secondary N) is 2. The topological polar surface area (TPSA) is 91.2 Å². The minimum atomic E-state index is -4.55. The van der Waals surface area contributed by atoms with Gasteiger partial charge in [-0.05, 0) is 57.9 Å². The number of hydrogen-bond acceptors (Lipinski definition) is 5. The number of benzene rings is 1. The van der Waals surface area contributed by atoms with Crippen LogP contribution in [-0.4, -0.2) is 51.8 Å². The summed E-state index contributed by atoms with van der Waals surface area (Å²) < 4.78 is 103. The highest BCUT2D eigenvalue weighted by Crippen LogP contribution is 2.44. The average molecular weight is 673 g/mol. The lowest BCUT2D eigenvalue weighted by Gasteiger charge is -2.34. The molecule has 15 heteroatoms. The van der Waals surface area contributed by atoms with Crippen molar-refractivity contribution in [3.05, 3.63) is 29.6 Å². The normalized spacial score (nSPS) is 15.8. The van der Waals surface area contributed by atoms with E-state index in [0.717, 1.165) is 19.9 Å². The maximum atomic E-state index is 14.1. The standard InChI is InChI=1S/C29H46F6N4O3SSi/c1-19(36-24(40)12-13-28(30,31)32)20-10-11-23-21(16-20)37-25(39(23)18-42-14-15-44(7,8)9)22(38-43(41)26(2,3)4)17-27(5,6)29(33,34)35/h10-11,16,19,22,38H,12-15,17-18H2,1-9H3,(H,36,40)/t19-,22+,43?/m1/s1. The van der Waals surface area contributed by atoms with Gasteiger partial charge in [0.2, 0.25) is 5.91 Å². The second-order valence-corrected chi connectivity index (χ2v) is 21.7. The number of hydrogen-bond donors (Lipinski definition) is 2. The molecule has 1 unspecified atom stereocenters. The van der Waals surface area contributed by atoms with Crippen LogP contribution in [0.1, 0.15) is 84.3 Å². The number of rotatable bonds is 14. The van der Waals surface area contributed by atoms with Gasteiger partial charge in [-0.3, -0.25) is 4.79 Å². The van der Waals surface area contributed by atoms with Gasteiger partial charge in [0.05, 0.1) is 28.9 Å². The van der Waals surface area contributed by atoms with E-state index in [9.17, 15) is 35.7 Å². The first kappa shape index (κ1) is 38.4. The van der Waals surface area contributed by atoms with Crippen LogP contribution in [0, 0.1) is 5.41 Å². The van der Waals surface area contributed by atoms with E-state index < -0.39 is 79.2 Å². The number of aromatic nitrogens is 2. The molecule has 0 aliphatic heterocycles. The number of alkyl halides is 6. The van der Waals surface area contributed by atoms with Gasteiger partial charge in [0.15, 0.2) is 0 Å². The van der Waals surface area contributed by atoms with Gasteiger partial charge in [0.25, 0.3) is 0 Å². The van der Waals surface area contributed by atoms with Crippen molar-refractivity contribution in [3.8, 4) is 0 Å². The third-order valence-corrected chi connectivity index (χ3v) is 10.4. The van der Waals surface area contributed by atoms with E-state index in [-0.39, 0.29) is 12.6 Å². The summed E-state index contributed by atoms with van der Waals surface area (Å²) in [6.07, 6.45) is -11.4. The fraction of sp³-hybridized carbons (Fsp3) is 0.724. The molecular formula is C29H46F6N4O3SSi. The van der Waals surface area contributed by atoms with Crippen LogP contribution in [-0.2, 0) is 27.6 Å². The van der Waals surface area contributed by atoms with Crippen LogP contribution in [0.4, 0.5) is 26.3 Å². The lowest BCUT2D eigenvalue weighted by atomic mass is 9.85. The first-order valence-corrected chi connectivity index (χ1v) is 19.4. The number of fused-ring (bicyclic) bond motifs is 1. The van der Waals surface area contributed by atoms with E-state index >= 15 is 0 Å². The summed E-state index contributed by atoms with van der Waals surface area (Å²) in [4.78, 5) is 16.8. The van der Waals surface area contributed by atoms with E-state index in [1.54, 1.807) is 50.5 Å². The third kappa shape index (κ3) is 11.5. The number of nitrogens with zero attached hydrogens (tertiary/aromatic N) is 2. The van der Waals surface area contributed by atoms with Crippen molar-refractivity contribution in [2.24, 2.45) is 5.41 Å². The second-order valence-electron chi connectivity index (χ2n) is 14.0. The summed E-state index contributed by atoms with van der Waals surface area (Å²) in [5, 5.41) is 2.55. The number of carbonyl (C=O) groups excluding carboxylic acids is 1. The zero-order valence-corrected chi connectivity index (χ0v) is 28.7. The largest absolute Gasteiger partial charge is 0.598 e. The number of imidazole rings is 1. The summed E-state index contributed by atoms with van der Waals surface area (Å²) in [5.41, 5.74) is -0.673. The van der Waals surface area contributed by atoms with E-state index in [1.807, 2.05) is 0 Å². The van der Waals surface area contributed by atoms with E-state index in [0.29, 0.717) is 23.2 Å². The number of carbonyl (C=O) groups is 1. The monoisotopic (exact) mass is 672 g/mol. The summed E-state index contributed by atoms with van der Waals surface area (Å²) >= 11 is -1.74. The minimum Gasteiger partial charge on any atom is -0.598 e. The Morgan fingerprint density at radius 2 is 1.70 bits per heavy atom. The quantitative estimate of drug-likeness (QED) is 0.0921. The van der Waals surface area contributed by atoms with Gasteiger partial charge in [-0.1, -0.05) is 39.6 Å². The molecule has 0 fully saturated rings. The number of amides is 1. The van der Waals surface area contributed by atoms with Crippen molar-refractivity contribution < 1.29 is 40.4 Å². The Morgan fingerprint density at radius 3 is 2.23 bits per heavy atom. The molecule has 0 aliphatic rings. The Bertz CT molecular complexity index is 1260. The summed E-state index contributed by atoms with van der Waals surface area (Å²) in [6.45, 7) is 15.9. The van der Waals surface area contributed by atoms with E-state index in [4.69, 9.17) is 9.72 Å². The summed E-state index contributed by atoms with van der Waals surface area (Å²) in [7, 11) is -1.44. The van der Waals surface area contributed by atoms with Crippen molar-refractivity contribution in [1.82, 2.24) is 19.6 Å². The maximum absolute atomic E-state index is 14.1. The van der Waals surface area contributed by atoms with Crippen LogP contribution in [0.2, 0.25) is 25.7 Å². The molecule has 1 aromatic heterocycles. The van der Waals surface area contributed by atoms with Crippen LogP contribution in [0.3, 0.4) is 0 Å². The van der Waals surface area contributed by atoms with Crippen LogP contribution in [0.25, 0.3) is 11.0 Å². The highest BCUT2D eigenvalue weighted by Gasteiger charge is 2.50. The molecule has 2 rings (SSSR count). The Kier molecular flexibility index (Phi) is 12.5. The smallest absolute Gasteiger partial charge is 0.394 e.